The predicted molar refractivity (Wildman–Crippen MR) is 96.9 cm³/mol. The molecule has 0 aliphatic carbocycles. The summed E-state index contributed by atoms with van der Waals surface area (Å²) < 4.78 is 4.94. The summed E-state index contributed by atoms with van der Waals surface area (Å²) in [5, 5.41) is 3.92. The first kappa shape index (κ1) is 18.6. The fourth-order valence-corrected chi connectivity index (χ4v) is 2.76. The maximum Gasteiger partial charge on any atom is 0.338 e. The van der Waals surface area contributed by atoms with Gasteiger partial charge in [-0.25, -0.2) is 4.79 Å². The van der Waals surface area contributed by atoms with E-state index in [1.165, 1.54) is 0 Å². The highest BCUT2D eigenvalue weighted by Gasteiger charge is 2.09. The summed E-state index contributed by atoms with van der Waals surface area (Å²) in [6.45, 7) is 0.164. The van der Waals surface area contributed by atoms with E-state index in [1.807, 2.05) is 24.3 Å². The van der Waals surface area contributed by atoms with E-state index in [1.54, 1.807) is 36.0 Å². The standard InChI is InChI=1S/C17H15Cl2NO3S/c18-13-3-1-12(2-4-13)17(22)23-11-16(21)20-9-10-24-15-7-5-14(19)6-8-15/h1-8H,9-11H2,(H,20,21). The molecule has 0 aliphatic rings. The molecule has 126 valence electrons. The molecule has 0 aliphatic heterocycles. The van der Waals surface area contributed by atoms with Crippen LogP contribution in [0.2, 0.25) is 10.0 Å². The molecule has 0 saturated carbocycles. The molecule has 24 heavy (non-hydrogen) atoms. The van der Waals surface area contributed by atoms with Gasteiger partial charge in [-0.15, -0.1) is 11.8 Å². The monoisotopic (exact) mass is 383 g/mol. The number of rotatable bonds is 7. The second kappa shape index (κ2) is 9.57. The minimum absolute atomic E-state index is 0.312. The van der Waals surface area contributed by atoms with Gasteiger partial charge in [-0.05, 0) is 48.5 Å². The van der Waals surface area contributed by atoms with E-state index in [9.17, 15) is 9.59 Å². The van der Waals surface area contributed by atoms with E-state index < -0.39 is 5.97 Å². The van der Waals surface area contributed by atoms with Gasteiger partial charge in [0.15, 0.2) is 6.61 Å². The van der Waals surface area contributed by atoms with Crippen LogP contribution in [0.25, 0.3) is 0 Å². The normalized spacial score (nSPS) is 10.2. The summed E-state index contributed by atoms with van der Waals surface area (Å²) in [4.78, 5) is 24.5. The molecule has 0 aromatic heterocycles. The molecule has 0 spiro atoms. The number of hydrogen-bond donors (Lipinski definition) is 1. The number of nitrogens with one attached hydrogen (secondary N) is 1. The summed E-state index contributed by atoms with van der Waals surface area (Å²) in [5.41, 5.74) is 0.352. The van der Waals surface area contributed by atoms with Crippen molar-refractivity contribution in [3.63, 3.8) is 0 Å². The van der Waals surface area contributed by atoms with Crippen molar-refractivity contribution in [3.8, 4) is 0 Å². The van der Waals surface area contributed by atoms with Crippen molar-refractivity contribution < 1.29 is 14.3 Å². The van der Waals surface area contributed by atoms with Crippen LogP contribution in [-0.4, -0.2) is 30.8 Å². The minimum Gasteiger partial charge on any atom is -0.452 e. The smallest absolute Gasteiger partial charge is 0.338 e. The largest absolute Gasteiger partial charge is 0.452 e. The Morgan fingerprint density at radius 3 is 2.17 bits per heavy atom. The Morgan fingerprint density at radius 2 is 1.54 bits per heavy atom. The summed E-state index contributed by atoms with van der Waals surface area (Å²) in [6, 6.07) is 13.7. The molecule has 0 saturated heterocycles. The highest BCUT2D eigenvalue weighted by molar-refractivity contribution is 7.99. The fourth-order valence-electron chi connectivity index (χ4n) is 1.74. The van der Waals surface area contributed by atoms with Crippen LogP contribution >= 0.6 is 35.0 Å². The lowest BCUT2D eigenvalue weighted by molar-refractivity contribution is -0.124. The molecule has 0 heterocycles. The van der Waals surface area contributed by atoms with E-state index in [4.69, 9.17) is 27.9 Å². The predicted octanol–water partition coefficient (Wildman–Crippen LogP) is 4.06. The average Bonchev–Trinajstić information content (AvgIpc) is 2.59. The van der Waals surface area contributed by atoms with Gasteiger partial charge < -0.3 is 10.1 Å². The van der Waals surface area contributed by atoms with E-state index in [-0.39, 0.29) is 12.5 Å². The molecule has 1 amide bonds. The van der Waals surface area contributed by atoms with Crippen molar-refractivity contribution in [2.24, 2.45) is 0 Å². The fraction of sp³-hybridized carbons (Fsp3) is 0.176. The van der Waals surface area contributed by atoms with Gasteiger partial charge in [0.05, 0.1) is 5.56 Å². The van der Waals surface area contributed by atoms with Crippen LogP contribution in [0.3, 0.4) is 0 Å². The van der Waals surface area contributed by atoms with Crippen LogP contribution in [0, 0.1) is 0 Å². The van der Waals surface area contributed by atoms with Crippen LogP contribution in [0.1, 0.15) is 10.4 Å². The van der Waals surface area contributed by atoms with E-state index >= 15 is 0 Å². The second-order valence-electron chi connectivity index (χ2n) is 4.74. The highest BCUT2D eigenvalue weighted by atomic mass is 35.5. The molecule has 0 radical (unpaired) electrons. The Balaban J connectivity index is 1.63. The quantitative estimate of drug-likeness (QED) is 0.444. The number of benzene rings is 2. The van der Waals surface area contributed by atoms with E-state index in [0.717, 1.165) is 4.90 Å². The number of carbonyl (C=O) groups is 2. The van der Waals surface area contributed by atoms with Gasteiger partial charge in [0.2, 0.25) is 0 Å². The molecule has 7 heteroatoms. The number of carbonyl (C=O) groups excluding carboxylic acids is 2. The zero-order valence-electron chi connectivity index (χ0n) is 12.6. The van der Waals surface area contributed by atoms with Crippen molar-refractivity contribution in [1.29, 1.82) is 0 Å². The van der Waals surface area contributed by atoms with Crippen LogP contribution < -0.4 is 5.32 Å². The first-order chi connectivity index (χ1) is 11.5. The topological polar surface area (TPSA) is 55.4 Å². The SMILES string of the molecule is O=C(COC(=O)c1ccc(Cl)cc1)NCCSc1ccc(Cl)cc1. The highest BCUT2D eigenvalue weighted by Crippen LogP contribution is 2.19. The van der Waals surface area contributed by atoms with Crippen LogP contribution in [-0.2, 0) is 9.53 Å². The molecular formula is C17H15Cl2NO3S. The second-order valence-corrected chi connectivity index (χ2v) is 6.78. The van der Waals surface area contributed by atoms with Gasteiger partial charge in [0.1, 0.15) is 0 Å². The molecule has 0 fully saturated rings. The Bertz CT molecular complexity index is 690. The van der Waals surface area contributed by atoms with Crippen molar-refractivity contribution >= 4 is 46.8 Å². The zero-order valence-corrected chi connectivity index (χ0v) is 15.0. The third-order valence-electron chi connectivity index (χ3n) is 2.92. The van der Waals surface area contributed by atoms with Gasteiger partial charge in [0, 0.05) is 27.2 Å². The number of hydrogen-bond acceptors (Lipinski definition) is 4. The number of ether oxygens (including phenoxy) is 1. The maximum absolute atomic E-state index is 11.7. The van der Waals surface area contributed by atoms with E-state index in [2.05, 4.69) is 5.32 Å². The Morgan fingerprint density at radius 1 is 0.958 bits per heavy atom. The van der Waals surface area contributed by atoms with Gasteiger partial charge in [-0.1, -0.05) is 23.2 Å². The molecule has 2 aromatic rings. The molecule has 0 atom stereocenters. The number of thioether (sulfide) groups is 1. The Kier molecular flexibility index (Phi) is 7.43. The van der Waals surface area contributed by atoms with E-state index in [0.29, 0.717) is 27.9 Å². The van der Waals surface area contributed by atoms with Gasteiger partial charge in [-0.2, -0.15) is 0 Å². The first-order valence-electron chi connectivity index (χ1n) is 7.12. The zero-order chi connectivity index (χ0) is 17.4. The number of halogens is 2. The van der Waals surface area contributed by atoms with Crippen molar-refractivity contribution in [2.45, 2.75) is 4.90 Å². The summed E-state index contributed by atoms with van der Waals surface area (Å²) in [7, 11) is 0. The molecule has 2 aromatic carbocycles. The van der Waals surface area contributed by atoms with Crippen LogP contribution in [0.15, 0.2) is 53.4 Å². The molecular weight excluding hydrogens is 369 g/mol. The molecule has 2 rings (SSSR count). The minimum atomic E-state index is -0.558. The lowest BCUT2D eigenvalue weighted by Crippen LogP contribution is -2.30. The molecule has 0 bridgehead atoms. The third-order valence-corrected chi connectivity index (χ3v) is 4.44. The number of amides is 1. The summed E-state index contributed by atoms with van der Waals surface area (Å²) >= 11 is 13.2. The average molecular weight is 384 g/mol. The van der Waals surface area contributed by atoms with Crippen LogP contribution in [0.4, 0.5) is 0 Å². The number of esters is 1. The summed E-state index contributed by atoms with van der Waals surface area (Å²) in [5.74, 6) is -0.190. The maximum atomic E-state index is 11.7. The summed E-state index contributed by atoms with van der Waals surface area (Å²) in [6.07, 6.45) is 0. The Labute approximate surface area is 154 Å². The molecule has 1 N–H and O–H groups in total. The van der Waals surface area contributed by atoms with Gasteiger partial charge in [0.25, 0.3) is 5.91 Å². The first-order valence-corrected chi connectivity index (χ1v) is 8.86. The molecule has 4 nitrogen and oxygen atoms in total. The Hall–Kier alpha value is -1.69. The van der Waals surface area contributed by atoms with Crippen molar-refractivity contribution in [2.75, 3.05) is 18.9 Å². The van der Waals surface area contributed by atoms with Crippen molar-refractivity contribution in [1.82, 2.24) is 5.32 Å². The van der Waals surface area contributed by atoms with Gasteiger partial charge >= 0.3 is 5.97 Å². The van der Waals surface area contributed by atoms with Gasteiger partial charge in [-0.3, -0.25) is 4.79 Å². The van der Waals surface area contributed by atoms with Crippen molar-refractivity contribution in [3.05, 3.63) is 64.1 Å². The third kappa shape index (κ3) is 6.43. The molecule has 0 unspecified atom stereocenters. The lowest BCUT2D eigenvalue weighted by atomic mass is 10.2. The lowest BCUT2D eigenvalue weighted by Gasteiger charge is -2.07. The van der Waals surface area contributed by atoms with Crippen LogP contribution in [0.5, 0.6) is 0 Å².